The molecular weight excluding hydrogens is 410 g/mol. The second-order valence-electron chi connectivity index (χ2n) is 11.4. The molecule has 1 heterocycles. The number of nitrogens with zero attached hydrogens (tertiary/aromatic N) is 1. The van der Waals surface area contributed by atoms with Gasteiger partial charge in [0.05, 0.1) is 6.04 Å². The second kappa shape index (κ2) is 8.15. The van der Waals surface area contributed by atoms with Crippen LogP contribution in [0, 0.1) is 12.8 Å². The number of hydrogen-bond acceptors (Lipinski definition) is 1. The molecule has 3 aliphatic carbocycles. The Kier molecular flexibility index (Phi) is 5.21. The van der Waals surface area contributed by atoms with Crippen molar-refractivity contribution in [3.63, 3.8) is 0 Å². The summed E-state index contributed by atoms with van der Waals surface area (Å²) < 4.78 is 0. The second-order valence-corrected chi connectivity index (χ2v) is 11.4. The van der Waals surface area contributed by atoms with Crippen LogP contribution >= 0.6 is 0 Å². The van der Waals surface area contributed by atoms with Gasteiger partial charge >= 0.3 is 0 Å². The van der Waals surface area contributed by atoms with Crippen molar-refractivity contribution >= 4 is 11.3 Å². The van der Waals surface area contributed by atoms with Gasteiger partial charge in [0, 0.05) is 23.7 Å². The third kappa shape index (κ3) is 3.35. The molecule has 4 aliphatic rings. The zero-order valence-corrected chi connectivity index (χ0v) is 21.1. The lowest BCUT2D eigenvalue weighted by molar-refractivity contribution is 0.366. The third-order valence-electron chi connectivity index (χ3n) is 8.88. The molecule has 2 aromatic carbocycles. The van der Waals surface area contributed by atoms with E-state index >= 15 is 0 Å². The number of rotatable bonds is 2. The van der Waals surface area contributed by atoms with Crippen molar-refractivity contribution in [3.8, 4) is 0 Å². The number of aryl methyl sites for hydroxylation is 1. The van der Waals surface area contributed by atoms with E-state index in [9.17, 15) is 0 Å². The summed E-state index contributed by atoms with van der Waals surface area (Å²) in [6.07, 6.45) is 21.3. The molecular formula is C33H37N. The summed E-state index contributed by atoms with van der Waals surface area (Å²) in [5.41, 5.74) is 10.5. The minimum absolute atomic E-state index is 0.159. The predicted molar refractivity (Wildman–Crippen MR) is 145 cm³/mol. The van der Waals surface area contributed by atoms with Crippen molar-refractivity contribution in [2.45, 2.75) is 76.7 Å². The van der Waals surface area contributed by atoms with Crippen molar-refractivity contribution in [3.05, 3.63) is 107 Å². The van der Waals surface area contributed by atoms with Crippen LogP contribution in [0.4, 0.5) is 5.69 Å². The summed E-state index contributed by atoms with van der Waals surface area (Å²) >= 11 is 0. The summed E-state index contributed by atoms with van der Waals surface area (Å²) in [5, 5.41) is 0. The Morgan fingerprint density at radius 3 is 2.71 bits per heavy atom. The lowest BCUT2D eigenvalue weighted by atomic mass is 9.70. The number of benzene rings is 2. The first kappa shape index (κ1) is 21.7. The number of allylic oxidation sites excluding steroid dienone is 6. The average Bonchev–Trinajstić information content (AvgIpc) is 3.37. The van der Waals surface area contributed by atoms with Crippen LogP contribution in [-0.4, -0.2) is 6.04 Å². The highest BCUT2D eigenvalue weighted by Gasteiger charge is 2.49. The van der Waals surface area contributed by atoms with Crippen LogP contribution in [-0.2, 0) is 5.41 Å². The fourth-order valence-corrected chi connectivity index (χ4v) is 7.12. The predicted octanol–water partition coefficient (Wildman–Crippen LogP) is 8.58. The molecule has 0 amide bonds. The van der Waals surface area contributed by atoms with Crippen LogP contribution in [0.5, 0.6) is 0 Å². The van der Waals surface area contributed by atoms with Gasteiger partial charge in [0.2, 0.25) is 0 Å². The molecule has 0 aromatic heterocycles. The van der Waals surface area contributed by atoms with Crippen molar-refractivity contribution in [1.29, 1.82) is 0 Å². The first-order valence-electron chi connectivity index (χ1n) is 13.2. The SMILES string of the molecule is Cc1ccc2c(c1)C(C)(C)C1C2=CCC1c1ccc2c(c1)C(C)/C=C\C=C/N2C1C=CCCC1. The fraction of sp³-hybridized carbons (Fsp3) is 0.394. The lowest BCUT2D eigenvalue weighted by Crippen LogP contribution is -2.31. The molecule has 34 heavy (non-hydrogen) atoms. The monoisotopic (exact) mass is 447 g/mol. The summed E-state index contributed by atoms with van der Waals surface area (Å²) in [4.78, 5) is 2.52. The molecule has 0 saturated heterocycles. The Labute approximate surface area is 205 Å². The van der Waals surface area contributed by atoms with Crippen molar-refractivity contribution in [2.75, 3.05) is 4.90 Å². The fourth-order valence-electron chi connectivity index (χ4n) is 7.12. The zero-order chi connectivity index (χ0) is 23.4. The molecule has 0 bridgehead atoms. The van der Waals surface area contributed by atoms with Crippen molar-refractivity contribution < 1.29 is 0 Å². The molecule has 0 radical (unpaired) electrons. The van der Waals surface area contributed by atoms with Crippen LogP contribution in [0.25, 0.3) is 5.57 Å². The van der Waals surface area contributed by atoms with E-state index in [4.69, 9.17) is 0 Å². The minimum atomic E-state index is 0.159. The Balaban J connectivity index is 1.40. The van der Waals surface area contributed by atoms with Gasteiger partial charge in [-0.2, -0.15) is 0 Å². The molecule has 4 unspecified atom stereocenters. The van der Waals surface area contributed by atoms with Gasteiger partial charge in [0.15, 0.2) is 0 Å². The van der Waals surface area contributed by atoms with Crippen LogP contribution in [0.3, 0.4) is 0 Å². The van der Waals surface area contributed by atoms with Gasteiger partial charge in [0.1, 0.15) is 0 Å². The molecule has 1 heteroatoms. The van der Waals surface area contributed by atoms with Gasteiger partial charge in [-0.3, -0.25) is 0 Å². The summed E-state index contributed by atoms with van der Waals surface area (Å²) in [5.74, 6) is 1.50. The normalized spacial score (nSPS) is 30.6. The minimum Gasteiger partial charge on any atom is -0.341 e. The first-order valence-corrected chi connectivity index (χ1v) is 13.2. The smallest absolute Gasteiger partial charge is 0.0516 e. The molecule has 1 aliphatic heterocycles. The number of fused-ring (bicyclic) bond motifs is 4. The number of hydrogen-bond donors (Lipinski definition) is 0. The third-order valence-corrected chi connectivity index (χ3v) is 8.88. The van der Waals surface area contributed by atoms with Crippen LogP contribution in [0.15, 0.2) is 79.1 Å². The Morgan fingerprint density at radius 2 is 1.88 bits per heavy atom. The molecule has 1 nitrogen and oxygen atoms in total. The zero-order valence-electron chi connectivity index (χ0n) is 21.1. The highest BCUT2D eigenvalue weighted by molar-refractivity contribution is 5.81. The maximum Gasteiger partial charge on any atom is 0.0516 e. The van der Waals surface area contributed by atoms with Gasteiger partial charge in [-0.25, -0.2) is 0 Å². The highest BCUT2D eigenvalue weighted by atomic mass is 15.1. The Bertz CT molecular complexity index is 1240. The lowest BCUT2D eigenvalue weighted by Gasteiger charge is -2.35. The van der Waals surface area contributed by atoms with E-state index in [0.29, 0.717) is 23.8 Å². The van der Waals surface area contributed by atoms with E-state index in [2.05, 4.69) is 112 Å². The van der Waals surface area contributed by atoms with Gasteiger partial charge in [-0.15, -0.1) is 0 Å². The molecule has 6 rings (SSSR count). The summed E-state index contributed by atoms with van der Waals surface area (Å²) in [6.45, 7) is 9.51. The van der Waals surface area contributed by atoms with Gasteiger partial charge in [-0.05, 0) is 83.9 Å². The maximum atomic E-state index is 2.55. The van der Waals surface area contributed by atoms with E-state index in [1.54, 1.807) is 5.57 Å². The molecule has 174 valence electrons. The maximum absolute atomic E-state index is 2.55. The van der Waals surface area contributed by atoms with Gasteiger partial charge < -0.3 is 4.90 Å². The highest BCUT2D eigenvalue weighted by Crippen LogP contribution is 2.60. The Morgan fingerprint density at radius 1 is 1.00 bits per heavy atom. The van der Waals surface area contributed by atoms with E-state index < -0.39 is 0 Å². The topological polar surface area (TPSA) is 3.24 Å². The molecule has 0 N–H and O–H groups in total. The quantitative estimate of drug-likeness (QED) is 0.417. The Hall–Kier alpha value is -2.80. The van der Waals surface area contributed by atoms with E-state index in [0.717, 1.165) is 6.42 Å². The largest absolute Gasteiger partial charge is 0.341 e. The summed E-state index contributed by atoms with van der Waals surface area (Å²) in [6, 6.07) is 15.0. The standard InChI is InChI=1S/C33H37N/c1-22-13-15-27-28-17-16-26(32(28)33(3,4)30(27)20-22)24-14-18-31-29(21-24)23(2)10-8-9-19-34(31)25-11-6-5-7-12-25/h6,8-11,13-15,17-21,23,25-26,32H,5,7,12,16H2,1-4H3/b10-8-,19-9-. The summed E-state index contributed by atoms with van der Waals surface area (Å²) in [7, 11) is 0. The molecule has 0 fully saturated rings. The molecule has 4 atom stereocenters. The number of anilines is 1. The average molecular weight is 448 g/mol. The molecule has 0 spiro atoms. The van der Waals surface area contributed by atoms with E-state index in [-0.39, 0.29) is 5.41 Å². The van der Waals surface area contributed by atoms with Gasteiger partial charge in [-0.1, -0.05) is 87.0 Å². The first-order chi connectivity index (χ1) is 16.4. The molecule has 0 saturated carbocycles. The van der Waals surface area contributed by atoms with Crippen LogP contribution in [0.2, 0.25) is 0 Å². The van der Waals surface area contributed by atoms with Gasteiger partial charge in [0.25, 0.3) is 0 Å². The molecule has 2 aromatic rings. The van der Waals surface area contributed by atoms with Crippen molar-refractivity contribution in [1.82, 2.24) is 0 Å². The van der Waals surface area contributed by atoms with E-state index in [1.165, 1.54) is 52.8 Å². The van der Waals surface area contributed by atoms with Crippen molar-refractivity contribution in [2.24, 2.45) is 5.92 Å². The van der Waals surface area contributed by atoms with Crippen LogP contribution in [0.1, 0.15) is 86.1 Å². The van der Waals surface area contributed by atoms with Crippen LogP contribution < -0.4 is 4.90 Å². The van der Waals surface area contributed by atoms with E-state index in [1.807, 2.05) is 0 Å².